The van der Waals surface area contributed by atoms with E-state index in [4.69, 9.17) is 0 Å². The topological polar surface area (TPSA) is 58.9 Å². The molecule has 4 nitrogen and oxygen atoms in total. The third-order valence-electron chi connectivity index (χ3n) is 5.22. The normalized spacial score (nSPS) is 37.5. The fourth-order valence-electron chi connectivity index (χ4n) is 3.81. The molecule has 0 heterocycles. The summed E-state index contributed by atoms with van der Waals surface area (Å²) in [6, 6.07) is 0.223. The predicted octanol–water partition coefficient (Wildman–Crippen LogP) is 3.56. The molecule has 0 bridgehead atoms. The van der Waals surface area contributed by atoms with Gasteiger partial charge in [-0.05, 0) is 76.5 Å². The Morgan fingerprint density at radius 3 is 2.10 bits per heavy atom. The van der Waals surface area contributed by atoms with Crippen LogP contribution in [0, 0.1) is 11.8 Å². The molecular weight excluding hydrogens is 252 g/mol. The van der Waals surface area contributed by atoms with Crippen LogP contribution in [0.3, 0.4) is 0 Å². The van der Waals surface area contributed by atoms with Crippen molar-refractivity contribution >= 4 is 12.2 Å². The lowest BCUT2D eigenvalue weighted by Crippen LogP contribution is -2.30. The predicted molar refractivity (Wildman–Crippen MR) is 77.0 cm³/mol. The van der Waals surface area contributed by atoms with Crippen molar-refractivity contribution in [1.82, 2.24) is 0 Å². The number of nitrogens with zero attached hydrogens (tertiary/aromatic N) is 2. The molecule has 4 heteroatoms. The molecule has 2 aliphatic carbocycles. The smallest absolute Gasteiger partial charge is 0.211 e. The highest BCUT2D eigenvalue weighted by molar-refractivity contribution is 5.34. The summed E-state index contributed by atoms with van der Waals surface area (Å²) in [4.78, 5) is 28.5. The fraction of sp³-hybridized carbons (Fsp3) is 0.875. The van der Waals surface area contributed by atoms with Crippen molar-refractivity contribution in [2.45, 2.75) is 76.3 Å². The van der Waals surface area contributed by atoms with Gasteiger partial charge >= 0.3 is 0 Å². The van der Waals surface area contributed by atoms with Gasteiger partial charge in [0.25, 0.3) is 0 Å². The van der Waals surface area contributed by atoms with Gasteiger partial charge in [0.2, 0.25) is 12.2 Å². The van der Waals surface area contributed by atoms with E-state index in [1.807, 2.05) is 0 Å². The van der Waals surface area contributed by atoms with Crippen molar-refractivity contribution < 1.29 is 9.59 Å². The molecule has 2 aliphatic rings. The number of hydrogen-bond donors (Lipinski definition) is 0. The van der Waals surface area contributed by atoms with Crippen LogP contribution < -0.4 is 0 Å². The third kappa shape index (κ3) is 4.13. The van der Waals surface area contributed by atoms with Crippen LogP contribution in [0.5, 0.6) is 0 Å². The summed E-state index contributed by atoms with van der Waals surface area (Å²) >= 11 is 0. The van der Waals surface area contributed by atoms with Gasteiger partial charge in [-0.2, -0.15) is 4.99 Å². The third-order valence-corrected chi connectivity index (χ3v) is 5.22. The van der Waals surface area contributed by atoms with Gasteiger partial charge in [-0.3, -0.25) is 0 Å². The summed E-state index contributed by atoms with van der Waals surface area (Å²) in [6.07, 6.45) is 13.5. The molecule has 0 aromatic carbocycles. The lowest BCUT2D eigenvalue weighted by atomic mass is 9.72. The van der Waals surface area contributed by atoms with Crippen LogP contribution >= 0.6 is 0 Å². The van der Waals surface area contributed by atoms with E-state index in [2.05, 4.69) is 16.9 Å². The molecule has 0 unspecified atom stereocenters. The van der Waals surface area contributed by atoms with Crippen LogP contribution in [0.25, 0.3) is 0 Å². The molecule has 2 saturated carbocycles. The highest BCUT2D eigenvalue weighted by Crippen LogP contribution is 2.40. The average molecular weight is 276 g/mol. The summed E-state index contributed by atoms with van der Waals surface area (Å²) in [6.45, 7) is 2.07. The maximum Gasteiger partial charge on any atom is 0.235 e. The first-order valence-electron chi connectivity index (χ1n) is 7.81. The van der Waals surface area contributed by atoms with Crippen LogP contribution in [-0.4, -0.2) is 23.7 Å². The summed E-state index contributed by atoms with van der Waals surface area (Å²) in [7, 11) is 0. The van der Waals surface area contributed by atoms with E-state index in [1.54, 1.807) is 12.2 Å². The standard InChI is InChI=1S/C16H24N2O2/c1-16(18-12-20)8-6-14(7-9-16)10-13-2-4-15(5-3-13)17-11-19/h13-15H,2-10H2,1H3. The van der Waals surface area contributed by atoms with Gasteiger partial charge in [0.05, 0.1) is 11.6 Å². The van der Waals surface area contributed by atoms with Crippen LogP contribution in [0.1, 0.15) is 64.7 Å². The van der Waals surface area contributed by atoms with E-state index in [9.17, 15) is 9.59 Å². The SMILES string of the molecule is CC1(N=C=O)CCC(CC2CCC(N=C=O)CC2)CC1. The van der Waals surface area contributed by atoms with Crippen molar-refractivity contribution in [2.24, 2.45) is 21.8 Å². The molecule has 0 saturated heterocycles. The van der Waals surface area contributed by atoms with Crippen LogP contribution in [0.15, 0.2) is 9.98 Å². The summed E-state index contributed by atoms with van der Waals surface area (Å²) in [5.41, 5.74) is -0.158. The number of isocyanates is 2. The van der Waals surface area contributed by atoms with Gasteiger partial charge in [-0.15, -0.1) is 0 Å². The first-order valence-corrected chi connectivity index (χ1v) is 7.81. The largest absolute Gasteiger partial charge is 0.235 e. The molecule has 0 radical (unpaired) electrons. The van der Waals surface area contributed by atoms with Gasteiger partial charge in [0, 0.05) is 0 Å². The minimum absolute atomic E-state index is 0.158. The van der Waals surface area contributed by atoms with Crippen molar-refractivity contribution in [3.63, 3.8) is 0 Å². The van der Waals surface area contributed by atoms with Crippen LogP contribution in [0.4, 0.5) is 0 Å². The Morgan fingerprint density at radius 1 is 0.950 bits per heavy atom. The average Bonchev–Trinajstić information content (AvgIpc) is 2.44. The lowest BCUT2D eigenvalue weighted by molar-refractivity contribution is 0.196. The van der Waals surface area contributed by atoms with E-state index in [0.717, 1.165) is 37.5 Å². The Hall–Kier alpha value is -1.24. The van der Waals surface area contributed by atoms with Crippen molar-refractivity contribution in [3.8, 4) is 0 Å². The highest BCUT2D eigenvalue weighted by atomic mass is 16.1. The summed E-state index contributed by atoms with van der Waals surface area (Å²) in [5.74, 6) is 1.57. The zero-order valence-electron chi connectivity index (χ0n) is 12.3. The first kappa shape index (κ1) is 15.2. The molecule has 2 fully saturated rings. The number of hydrogen-bond acceptors (Lipinski definition) is 4. The van der Waals surface area contributed by atoms with Crippen molar-refractivity contribution in [2.75, 3.05) is 0 Å². The van der Waals surface area contributed by atoms with E-state index >= 15 is 0 Å². The van der Waals surface area contributed by atoms with Crippen LogP contribution in [0.2, 0.25) is 0 Å². The zero-order chi connectivity index (χ0) is 14.4. The van der Waals surface area contributed by atoms with Gasteiger partial charge in [0.1, 0.15) is 0 Å². The van der Waals surface area contributed by atoms with Gasteiger partial charge in [0.15, 0.2) is 0 Å². The first-order chi connectivity index (χ1) is 9.65. The molecule has 0 aromatic rings. The van der Waals surface area contributed by atoms with E-state index in [0.29, 0.717) is 0 Å². The van der Waals surface area contributed by atoms with E-state index in [1.165, 1.54) is 32.1 Å². The molecule has 0 spiro atoms. The second-order valence-corrected chi connectivity index (χ2v) is 6.77. The van der Waals surface area contributed by atoms with Crippen molar-refractivity contribution in [1.29, 1.82) is 0 Å². The van der Waals surface area contributed by atoms with Crippen molar-refractivity contribution in [3.05, 3.63) is 0 Å². The van der Waals surface area contributed by atoms with E-state index in [-0.39, 0.29) is 11.6 Å². The number of carbonyl (C=O) groups excluding carboxylic acids is 2. The molecule has 110 valence electrons. The minimum atomic E-state index is -0.158. The summed E-state index contributed by atoms with van der Waals surface area (Å²) in [5, 5.41) is 0. The van der Waals surface area contributed by atoms with Gasteiger partial charge in [-0.1, -0.05) is 0 Å². The molecule has 0 aromatic heterocycles. The minimum Gasteiger partial charge on any atom is -0.211 e. The number of rotatable bonds is 4. The lowest BCUT2D eigenvalue weighted by Gasteiger charge is -2.36. The van der Waals surface area contributed by atoms with E-state index < -0.39 is 0 Å². The summed E-state index contributed by atoms with van der Waals surface area (Å²) < 4.78 is 0. The molecule has 2 rings (SSSR count). The van der Waals surface area contributed by atoms with Gasteiger partial charge < -0.3 is 0 Å². The molecule has 0 atom stereocenters. The molecule has 20 heavy (non-hydrogen) atoms. The zero-order valence-corrected chi connectivity index (χ0v) is 12.3. The second kappa shape index (κ2) is 6.97. The Kier molecular flexibility index (Phi) is 5.28. The molecule has 0 aliphatic heterocycles. The molecule has 0 N–H and O–H groups in total. The Bertz CT molecular complexity index is 406. The fourth-order valence-corrected chi connectivity index (χ4v) is 3.81. The monoisotopic (exact) mass is 276 g/mol. The highest BCUT2D eigenvalue weighted by Gasteiger charge is 2.32. The molecular formula is C16H24N2O2. The van der Waals surface area contributed by atoms with Gasteiger partial charge in [-0.25, -0.2) is 14.6 Å². The molecule has 0 amide bonds. The quantitative estimate of drug-likeness (QED) is 0.582. The maximum atomic E-state index is 10.4. The maximum absolute atomic E-state index is 10.4. The Morgan fingerprint density at radius 2 is 1.55 bits per heavy atom. The Balaban J connectivity index is 1.74. The van der Waals surface area contributed by atoms with Crippen LogP contribution in [-0.2, 0) is 9.59 Å². The number of aliphatic imine (C=N–C) groups is 2. The second-order valence-electron chi connectivity index (χ2n) is 6.77. The Labute approximate surface area is 120 Å².